The van der Waals surface area contributed by atoms with Gasteiger partial charge in [-0.2, -0.15) is 0 Å². The number of ketones is 1. The van der Waals surface area contributed by atoms with E-state index in [0.717, 1.165) is 31.6 Å². The lowest BCUT2D eigenvalue weighted by Crippen LogP contribution is -2.39. The molecule has 0 radical (unpaired) electrons. The lowest BCUT2D eigenvalue weighted by Gasteiger charge is -2.31. The highest BCUT2D eigenvalue weighted by Crippen LogP contribution is 2.32. The Bertz CT molecular complexity index is 219. The highest BCUT2D eigenvalue weighted by molar-refractivity contribution is 5.85. The molecule has 0 saturated heterocycles. The monoisotopic (exact) mass is 212 g/mol. The molecule has 1 aliphatic rings. The van der Waals surface area contributed by atoms with Gasteiger partial charge in [-0.1, -0.05) is 40.5 Å². The van der Waals surface area contributed by atoms with Crippen molar-refractivity contribution in [3.8, 4) is 0 Å². The summed E-state index contributed by atoms with van der Waals surface area (Å²) in [5.74, 6) is 0.922. The summed E-state index contributed by atoms with van der Waals surface area (Å²) in [4.78, 5) is 12.0. The molecule has 2 nitrogen and oxygen atoms in total. The van der Waals surface area contributed by atoms with Gasteiger partial charge in [0.1, 0.15) is 6.10 Å². The molecule has 1 fully saturated rings. The Kier molecular flexibility index (Phi) is 3.93. The molecule has 0 aromatic rings. The third kappa shape index (κ3) is 3.30. The van der Waals surface area contributed by atoms with Crippen LogP contribution in [0.15, 0.2) is 0 Å². The largest absolute Gasteiger partial charge is 0.385 e. The van der Waals surface area contributed by atoms with Crippen molar-refractivity contribution in [3.63, 3.8) is 0 Å². The fourth-order valence-electron chi connectivity index (χ4n) is 2.19. The van der Waals surface area contributed by atoms with Crippen LogP contribution >= 0.6 is 0 Å². The Hall–Kier alpha value is -0.370. The smallest absolute Gasteiger partial charge is 0.164 e. The van der Waals surface area contributed by atoms with Crippen molar-refractivity contribution >= 4 is 5.78 Å². The zero-order valence-corrected chi connectivity index (χ0v) is 10.4. The van der Waals surface area contributed by atoms with E-state index in [4.69, 9.17) is 0 Å². The van der Waals surface area contributed by atoms with Crippen LogP contribution in [0.1, 0.15) is 53.4 Å². The van der Waals surface area contributed by atoms with E-state index in [0.29, 0.717) is 0 Å². The molecule has 0 aromatic heterocycles. The molecule has 1 atom stereocenters. The minimum atomic E-state index is -0.795. The molecule has 2 heteroatoms. The van der Waals surface area contributed by atoms with Crippen molar-refractivity contribution < 1.29 is 9.90 Å². The maximum absolute atomic E-state index is 12.0. The van der Waals surface area contributed by atoms with Crippen LogP contribution in [0.3, 0.4) is 0 Å². The zero-order valence-electron chi connectivity index (χ0n) is 10.4. The highest BCUT2D eigenvalue weighted by Gasteiger charge is 2.34. The van der Waals surface area contributed by atoms with Crippen LogP contribution < -0.4 is 0 Å². The lowest BCUT2D eigenvalue weighted by molar-refractivity contribution is -0.137. The average molecular weight is 212 g/mol. The molecule has 0 aliphatic heterocycles. The lowest BCUT2D eigenvalue weighted by atomic mass is 9.75. The standard InChI is InChI=1S/C13H24O2/c1-9-5-7-10(8-6-9)11(14)12(15)13(2,3)4/h9-10,12,15H,5-8H2,1-4H3. The Morgan fingerprint density at radius 3 is 2.07 bits per heavy atom. The molecule has 0 spiro atoms. The molecular formula is C13H24O2. The van der Waals surface area contributed by atoms with Crippen LogP contribution in [0.25, 0.3) is 0 Å². The topological polar surface area (TPSA) is 37.3 Å². The molecule has 1 N–H and O–H groups in total. The Labute approximate surface area is 93.1 Å². The van der Waals surface area contributed by atoms with Crippen LogP contribution in [-0.4, -0.2) is 17.0 Å². The van der Waals surface area contributed by atoms with E-state index in [1.165, 1.54) is 0 Å². The van der Waals surface area contributed by atoms with E-state index in [1.807, 2.05) is 20.8 Å². The first-order chi connectivity index (χ1) is 6.82. The average Bonchev–Trinajstić information content (AvgIpc) is 2.15. The van der Waals surface area contributed by atoms with E-state index >= 15 is 0 Å². The summed E-state index contributed by atoms with van der Waals surface area (Å²) in [7, 11) is 0. The number of aliphatic hydroxyl groups excluding tert-OH is 1. The van der Waals surface area contributed by atoms with Crippen LogP contribution in [0.4, 0.5) is 0 Å². The van der Waals surface area contributed by atoms with Crippen LogP contribution in [-0.2, 0) is 4.79 Å². The summed E-state index contributed by atoms with van der Waals surface area (Å²) in [6.07, 6.45) is 3.40. The van der Waals surface area contributed by atoms with Gasteiger partial charge in [0, 0.05) is 5.92 Å². The second-order valence-corrected chi connectivity index (χ2v) is 6.13. The normalized spacial score (nSPS) is 29.9. The summed E-state index contributed by atoms with van der Waals surface area (Å²) >= 11 is 0. The molecule has 0 bridgehead atoms. The van der Waals surface area contributed by atoms with Crippen molar-refractivity contribution in [2.24, 2.45) is 17.3 Å². The third-order valence-corrected chi connectivity index (χ3v) is 3.51. The second-order valence-electron chi connectivity index (χ2n) is 6.13. The van der Waals surface area contributed by atoms with E-state index < -0.39 is 6.10 Å². The Balaban J connectivity index is 2.54. The molecule has 1 unspecified atom stereocenters. The molecule has 1 aliphatic carbocycles. The maximum atomic E-state index is 12.0. The molecule has 88 valence electrons. The van der Waals surface area contributed by atoms with Gasteiger partial charge in [0.2, 0.25) is 0 Å². The summed E-state index contributed by atoms with van der Waals surface area (Å²) < 4.78 is 0. The van der Waals surface area contributed by atoms with Gasteiger partial charge in [-0.25, -0.2) is 0 Å². The minimum absolute atomic E-state index is 0.0643. The Morgan fingerprint density at radius 1 is 1.20 bits per heavy atom. The first-order valence-electron chi connectivity index (χ1n) is 6.04. The fraction of sp³-hybridized carbons (Fsp3) is 0.923. The number of aliphatic hydroxyl groups is 1. The number of Topliss-reactive ketones (excluding diaryl/α,β-unsaturated/α-hetero) is 1. The molecular weight excluding hydrogens is 188 g/mol. The zero-order chi connectivity index (χ0) is 11.6. The van der Waals surface area contributed by atoms with Gasteiger partial charge in [-0.05, 0) is 24.2 Å². The predicted octanol–water partition coefficient (Wildman–Crippen LogP) is 2.79. The summed E-state index contributed by atoms with van der Waals surface area (Å²) in [6.45, 7) is 7.99. The molecule has 0 heterocycles. The van der Waals surface area contributed by atoms with Crippen LogP contribution in [0, 0.1) is 17.3 Å². The highest BCUT2D eigenvalue weighted by atomic mass is 16.3. The molecule has 0 aromatic carbocycles. The minimum Gasteiger partial charge on any atom is -0.385 e. The number of rotatable bonds is 2. The Morgan fingerprint density at radius 2 is 1.67 bits per heavy atom. The van der Waals surface area contributed by atoms with E-state index in [-0.39, 0.29) is 17.1 Å². The quantitative estimate of drug-likeness (QED) is 0.764. The van der Waals surface area contributed by atoms with Gasteiger partial charge in [0.05, 0.1) is 0 Å². The van der Waals surface area contributed by atoms with E-state index in [1.54, 1.807) is 0 Å². The summed E-state index contributed by atoms with van der Waals surface area (Å²) in [6, 6.07) is 0. The van der Waals surface area contributed by atoms with Crippen molar-refractivity contribution in [1.29, 1.82) is 0 Å². The predicted molar refractivity (Wildman–Crippen MR) is 61.6 cm³/mol. The van der Waals surface area contributed by atoms with Crippen molar-refractivity contribution in [3.05, 3.63) is 0 Å². The maximum Gasteiger partial charge on any atom is 0.164 e. The van der Waals surface area contributed by atoms with E-state index in [9.17, 15) is 9.90 Å². The molecule has 1 rings (SSSR count). The van der Waals surface area contributed by atoms with E-state index in [2.05, 4.69) is 6.92 Å². The van der Waals surface area contributed by atoms with Gasteiger partial charge >= 0.3 is 0 Å². The molecule has 15 heavy (non-hydrogen) atoms. The SMILES string of the molecule is CC1CCC(C(=O)C(O)C(C)(C)C)CC1. The number of carbonyl (C=O) groups excluding carboxylic acids is 1. The third-order valence-electron chi connectivity index (χ3n) is 3.51. The second kappa shape index (κ2) is 4.65. The number of hydrogen-bond acceptors (Lipinski definition) is 2. The number of hydrogen-bond donors (Lipinski definition) is 1. The van der Waals surface area contributed by atoms with Gasteiger partial charge in [0.25, 0.3) is 0 Å². The fourth-order valence-corrected chi connectivity index (χ4v) is 2.19. The summed E-state index contributed by atoms with van der Waals surface area (Å²) in [5, 5.41) is 9.92. The number of carbonyl (C=O) groups is 1. The van der Waals surface area contributed by atoms with Gasteiger partial charge in [-0.3, -0.25) is 4.79 Å². The first-order valence-corrected chi connectivity index (χ1v) is 6.04. The van der Waals surface area contributed by atoms with Gasteiger partial charge < -0.3 is 5.11 Å². The molecule has 0 amide bonds. The van der Waals surface area contributed by atoms with Crippen LogP contribution in [0.5, 0.6) is 0 Å². The van der Waals surface area contributed by atoms with Crippen molar-refractivity contribution in [2.75, 3.05) is 0 Å². The van der Waals surface area contributed by atoms with Crippen molar-refractivity contribution in [2.45, 2.75) is 59.5 Å². The van der Waals surface area contributed by atoms with Crippen molar-refractivity contribution in [1.82, 2.24) is 0 Å². The molecule has 1 saturated carbocycles. The van der Waals surface area contributed by atoms with Crippen LogP contribution in [0.2, 0.25) is 0 Å². The van der Waals surface area contributed by atoms with Gasteiger partial charge in [0.15, 0.2) is 5.78 Å². The summed E-state index contributed by atoms with van der Waals surface area (Å²) in [5.41, 5.74) is -0.319. The first kappa shape index (κ1) is 12.7. The van der Waals surface area contributed by atoms with Gasteiger partial charge in [-0.15, -0.1) is 0 Å².